The third-order valence-corrected chi connectivity index (χ3v) is 3.23. The molecular formula is C12H10N2S. The van der Waals surface area contributed by atoms with E-state index >= 15 is 0 Å². The maximum atomic E-state index is 4.53. The van der Waals surface area contributed by atoms with Crippen LogP contribution in [-0.4, -0.2) is 17.1 Å². The zero-order chi connectivity index (χ0) is 10.4. The zero-order valence-corrected chi connectivity index (χ0v) is 9.43. The molecule has 2 aliphatic rings. The number of hydrogen-bond donors (Lipinski definition) is 0. The summed E-state index contributed by atoms with van der Waals surface area (Å²) < 4.78 is 0. The SMILES string of the molecule is CSC1=NC2=Cc3cccc(C)c3C2=N1. The minimum absolute atomic E-state index is 0.866. The number of rotatable bonds is 0. The quantitative estimate of drug-likeness (QED) is 0.651. The lowest BCUT2D eigenvalue weighted by Crippen LogP contribution is -1.99. The molecule has 0 fully saturated rings. The first-order chi connectivity index (χ1) is 7.29. The number of benzene rings is 1. The number of hydrogen-bond acceptors (Lipinski definition) is 3. The Bertz CT molecular complexity index is 539. The van der Waals surface area contributed by atoms with Crippen molar-refractivity contribution in [2.45, 2.75) is 6.92 Å². The summed E-state index contributed by atoms with van der Waals surface area (Å²) >= 11 is 1.59. The molecule has 1 aliphatic carbocycles. The minimum Gasteiger partial charge on any atom is -0.221 e. The van der Waals surface area contributed by atoms with Crippen LogP contribution >= 0.6 is 11.8 Å². The Morgan fingerprint density at radius 3 is 2.87 bits per heavy atom. The molecule has 3 heteroatoms. The van der Waals surface area contributed by atoms with Gasteiger partial charge < -0.3 is 0 Å². The molecule has 0 atom stereocenters. The summed E-state index contributed by atoms with van der Waals surface area (Å²) in [7, 11) is 0. The maximum absolute atomic E-state index is 4.53. The van der Waals surface area contributed by atoms with Crippen LogP contribution in [-0.2, 0) is 0 Å². The average Bonchev–Trinajstić information content (AvgIpc) is 2.73. The molecule has 1 heterocycles. The van der Waals surface area contributed by atoms with E-state index in [2.05, 4.69) is 41.2 Å². The van der Waals surface area contributed by atoms with Crippen molar-refractivity contribution in [2.75, 3.05) is 6.26 Å². The summed E-state index contributed by atoms with van der Waals surface area (Å²) in [5, 5.41) is 0.866. The van der Waals surface area contributed by atoms with E-state index in [-0.39, 0.29) is 0 Å². The average molecular weight is 214 g/mol. The van der Waals surface area contributed by atoms with Gasteiger partial charge in [0, 0.05) is 5.56 Å². The monoisotopic (exact) mass is 214 g/mol. The fourth-order valence-electron chi connectivity index (χ4n) is 1.99. The first kappa shape index (κ1) is 8.92. The van der Waals surface area contributed by atoms with Gasteiger partial charge in [-0.3, -0.25) is 0 Å². The van der Waals surface area contributed by atoms with Crippen molar-refractivity contribution < 1.29 is 0 Å². The molecule has 0 bridgehead atoms. The van der Waals surface area contributed by atoms with Crippen molar-refractivity contribution in [1.29, 1.82) is 0 Å². The molecule has 0 saturated carbocycles. The lowest BCUT2D eigenvalue weighted by molar-refractivity contribution is 1.43. The summed E-state index contributed by atoms with van der Waals surface area (Å²) in [6.45, 7) is 2.12. The molecule has 1 aromatic rings. The highest BCUT2D eigenvalue weighted by Crippen LogP contribution is 2.33. The second kappa shape index (κ2) is 3.07. The van der Waals surface area contributed by atoms with Crippen LogP contribution in [0.3, 0.4) is 0 Å². The van der Waals surface area contributed by atoms with Gasteiger partial charge >= 0.3 is 0 Å². The van der Waals surface area contributed by atoms with Gasteiger partial charge in [-0.25, -0.2) is 9.98 Å². The maximum Gasteiger partial charge on any atom is 0.188 e. The van der Waals surface area contributed by atoms with E-state index in [4.69, 9.17) is 0 Å². The molecule has 0 unspecified atom stereocenters. The van der Waals surface area contributed by atoms with Crippen molar-refractivity contribution in [1.82, 2.24) is 0 Å². The van der Waals surface area contributed by atoms with Gasteiger partial charge in [-0.2, -0.15) is 0 Å². The van der Waals surface area contributed by atoms with Crippen molar-refractivity contribution in [3.8, 4) is 0 Å². The summed E-state index contributed by atoms with van der Waals surface area (Å²) in [6.07, 6.45) is 4.12. The summed E-state index contributed by atoms with van der Waals surface area (Å²) in [5.41, 5.74) is 5.83. The molecule has 0 saturated heterocycles. The Morgan fingerprint density at radius 1 is 1.20 bits per heavy atom. The Balaban J connectivity index is 2.20. The zero-order valence-electron chi connectivity index (χ0n) is 8.61. The number of amidine groups is 1. The van der Waals surface area contributed by atoms with Crippen LogP contribution in [0, 0.1) is 6.92 Å². The highest BCUT2D eigenvalue weighted by atomic mass is 32.2. The Hall–Kier alpha value is -1.35. The smallest absolute Gasteiger partial charge is 0.188 e. The minimum atomic E-state index is 0.866. The van der Waals surface area contributed by atoms with E-state index in [0.29, 0.717) is 0 Å². The molecule has 1 aromatic carbocycles. The van der Waals surface area contributed by atoms with Gasteiger partial charge in [0.1, 0.15) is 0 Å². The fourth-order valence-corrected chi connectivity index (χ4v) is 2.36. The van der Waals surface area contributed by atoms with Crippen LogP contribution in [0.25, 0.3) is 6.08 Å². The van der Waals surface area contributed by atoms with Crippen molar-refractivity contribution >= 4 is 28.7 Å². The van der Waals surface area contributed by atoms with Crippen molar-refractivity contribution in [2.24, 2.45) is 9.98 Å². The van der Waals surface area contributed by atoms with Crippen LogP contribution < -0.4 is 0 Å². The molecular weight excluding hydrogens is 204 g/mol. The van der Waals surface area contributed by atoms with Gasteiger partial charge in [-0.1, -0.05) is 30.0 Å². The van der Waals surface area contributed by atoms with Crippen molar-refractivity contribution in [3.05, 3.63) is 40.6 Å². The van der Waals surface area contributed by atoms with Gasteiger partial charge in [-0.05, 0) is 30.4 Å². The number of aryl methyl sites for hydroxylation is 1. The molecule has 0 amide bonds. The summed E-state index contributed by atoms with van der Waals surface area (Å²) in [4.78, 5) is 8.99. The van der Waals surface area contributed by atoms with Crippen LogP contribution in [0.1, 0.15) is 16.7 Å². The standard InChI is InChI=1S/C12H10N2S/c1-7-4-3-5-8-6-9-11(10(7)8)14-12(13-9)15-2/h3-6H,1-2H3. The molecule has 0 aromatic heterocycles. The number of nitrogens with zero attached hydrogens (tertiary/aromatic N) is 2. The second-order valence-electron chi connectivity index (χ2n) is 3.63. The highest BCUT2D eigenvalue weighted by Gasteiger charge is 2.26. The molecule has 0 N–H and O–H groups in total. The Labute approximate surface area is 92.8 Å². The summed E-state index contributed by atoms with van der Waals surface area (Å²) in [5.74, 6) is 0. The number of thioether (sulfide) groups is 1. The second-order valence-corrected chi connectivity index (χ2v) is 4.40. The predicted octanol–water partition coefficient (Wildman–Crippen LogP) is 2.87. The van der Waals surface area contributed by atoms with Gasteiger partial charge in [0.25, 0.3) is 0 Å². The van der Waals surface area contributed by atoms with Crippen molar-refractivity contribution in [3.63, 3.8) is 0 Å². The molecule has 15 heavy (non-hydrogen) atoms. The topological polar surface area (TPSA) is 24.7 Å². The van der Waals surface area contributed by atoms with E-state index in [1.54, 1.807) is 11.8 Å². The van der Waals surface area contributed by atoms with Crippen LogP contribution in [0.4, 0.5) is 0 Å². The molecule has 3 rings (SSSR count). The van der Waals surface area contributed by atoms with E-state index < -0.39 is 0 Å². The van der Waals surface area contributed by atoms with E-state index in [9.17, 15) is 0 Å². The lowest BCUT2D eigenvalue weighted by Gasteiger charge is -2.02. The number of fused-ring (bicyclic) bond motifs is 3. The highest BCUT2D eigenvalue weighted by molar-refractivity contribution is 8.13. The number of allylic oxidation sites excluding steroid dienone is 1. The Morgan fingerprint density at radius 2 is 2.07 bits per heavy atom. The largest absolute Gasteiger partial charge is 0.221 e. The van der Waals surface area contributed by atoms with Crippen LogP contribution in [0.5, 0.6) is 0 Å². The van der Waals surface area contributed by atoms with Gasteiger partial charge in [0.05, 0.1) is 11.4 Å². The van der Waals surface area contributed by atoms with Crippen LogP contribution in [0.2, 0.25) is 0 Å². The number of aliphatic imine (C=N–C) groups is 2. The Kier molecular flexibility index (Phi) is 1.83. The van der Waals surface area contributed by atoms with Gasteiger partial charge in [-0.15, -0.1) is 0 Å². The fraction of sp³-hybridized carbons (Fsp3) is 0.167. The molecule has 74 valence electrons. The molecule has 0 spiro atoms. The lowest BCUT2D eigenvalue weighted by atomic mass is 10.0. The van der Waals surface area contributed by atoms with E-state index in [0.717, 1.165) is 16.6 Å². The first-order valence-corrected chi connectivity index (χ1v) is 6.05. The molecule has 0 radical (unpaired) electrons. The normalized spacial score (nSPS) is 16.8. The third-order valence-electron chi connectivity index (χ3n) is 2.68. The van der Waals surface area contributed by atoms with Crippen LogP contribution in [0.15, 0.2) is 33.9 Å². The molecule has 1 aliphatic heterocycles. The van der Waals surface area contributed by atoms with Gasteiger partial charge in [0.15, 0.2) is 5.17 Å². The van der Waals surface area contributed by atoms with E-state index in [1.807, 2.05) is 6.26 Å². The molecule has 2 nitrogen and oxygen atoms in total. The predicted molar refractivity (Wildman–Crippen MR) is 66.6 cm³/mol. The van der Waals surface area contributed by atoms with Gasteiger partial charge in [0.2, 0.25) is 0 Å². The van der Waals surface area contributed by atoms with E-state index in [1.165, 1.54) is 16.7 Å². The summed E-state index contributed by atoms with van der Waals surface area (Å²) in [6, 6.07) is 6.31. The third kappa shape index (κ3) is 1.20. The first-order valence-electron chi connectivity index (χ1n) is 4.83.